The number of aliphatic hydroxyl groups is 1. The molecular formula is C16H19N3O3. The van der Waals surface area contributed by atoms with Crippen LogP contribution in [0.2, 0.25) is 0 Å². The number of aryl methyl sites for hydroxylation is 1. The van der Waals surface area contributed by atoms with Crippen LogP contribution in [0, 0.1) is 17.0 Å². The molecule has 1 aliphatic carbocycles. The van der Waals surface area contributed by atoms with Crippen molar-refractivity contribution in [2.45, 2.75) is 44.8 Å². The topological polar surface area (TPSA) is 88.3 Å². The number of rotatable bonds is 3. The van der Waals surface area contributed by atoms with E-state index in [0.717, 1.165) is 42.5 Å². The van der Waals surface area contributed by atoms with Crippen molar-refractivity contribution in [3.8, 4) is 0 Å². The number of hydrogen-bond acceptors (Lipinski definition) is 5. The van der Waals surface area contributed by atoms with Crippen molar-refractivity contribution >= 4 is 22.3 Å². The van der Waals surface area contributed by atoms with Gasteiger partial charge in [0.25, 0.3) is 5.69 Å². The molecule has 22 heavy (non-hydrogen) atoms. The molecule has 6 heteroatoms. The summed E-state index contributed by atoms with van der Waals surface area (Å²) in [5.41, 5.74) is 2.09. The summed E-state index contributed by atoms with van der Waals surface area (Å²) in [5.74, 6) is 0. The minimum absolute atomic E-state index is 0.0308. The Morgan fingerprint density at radius 3 is 2.73 bits per heavy atom. The fourth-order valence-electron chi connectivity index (χ4n) is 3.07. The van der Waals surface area contributed by atoms with Gasteiger partial charge in [0.05, 0.1) is 11.0 Å². The predicted octanol–water partition coefficient (Wildman–Crippen LogP) is 3.17. The molecule has 0 atom stereocenters. The molecule has 116 valence electrons. The monoisotopic (exact) mass is 301 g/mol. The summed E-state index contributed by atoms with van der Waals surface area (Å²) in [5, 5.41) is 25.0. The fourth-order valence-corrected chi connectivity index (χ4v) is 3.07. The molecule has 0 amide bonds. The fraction of sp³-hybridized carbons (Fsp3) is 0.438. The average Bonchev–Trinajstić information content (AvgIpc) is 2.48. The highest BCUT2D eigenvalue weighted by Crippen LogP contribution is 2.31. The molecule has 2 N–H and O–H groups in total. The normalized spacial score (nSPS) is 21.7. The van der Waals surface area contributed by atoms with Crippen LogP contribution in [-0.2, 0) is 0 Å². The highest BCUT2D eigenvalue weighted by Gasteiger charge is 2.21. The smallest absolute Gasteiger partial charge is 0.295 e. The van der Waals surface area contributed by atoms with E-state index < -0.39 is 4.92 Å². The number of benzene rings is 1. The molecule has 1 aromatic carbocycles. The van der Waals surface area contributed by atoms with Crippen LogP contribution in [0.15, 0.2) is 24.3 Å². The summed E-state index contributed by atoms with van der Waals surface area (Å²) in [6.07, 6.45) is 3.19. The van der Waals surface area contributed by atoms with E-state index in [1.165, 1.54) is 6.07 Å². The molecular weight excluding hydrogens is 282 g/mol. The maximum atomic E-state index is 11.2. The maximum absolute atomic E-state index is 11.2. The first-order valence-electron chi connectivity index (χ1n) is 7.54. The summed E-state index contributed by atoms with van der Waals surface area (Å²) in [4.78, 5) is 15.1. The number of fused-ring (bicyclic) bond motifs is 1. The molecule has 1 heterocycles. The van der Waals surface area contributed by atoms with Crippen molar-refractivity contribution in [2.75, 3.05) is 5.32 Å². The number of aliphatic hydroxyl groups excluding tert-OH is 1. The van der Waals surface area contributed by atoms with Crippen LogP contribution in [0.5, 0.6) is 0 Å². The summed E-state index contributed by atoms with van der Waals surface area (Å²) in [7, 11) is 0. The number of non-ortho nitro benzene ring substituents is 1. The third-order valence-corrected chi connectivity index (χ3v) is 4.20. The van der Waals surface area contributed by atoms with Crippen molar-refractivity contribution in [1.29, 1.82) is 0 Å². The van der Waals surface area contributed by atoms with Gasteiger partial charge in [-0.2, -0.15) is 0 Å². The van der Waals surface area contributed by atoms with Crippen molar-refractivity contribution < 1.29 is 10.0 Å². The van der Waals surface area contributed by atoms with Gasteiger partial charge in [-0.25, -0.2) is 4.98 Å². The van der Waals surface area contributed by atoms with Crippen LogP contribution in [0.1, 0.15) is 31.4 Å². The Kier molecular flexibility index (Phi) is 3.94. The van der Waals surface area contributed by atoms with Crippen LogP contribution in [0.25, 0.3) is 10.9 Å². The minimum Gasteiger partial charge on any atom is -0.393 e. The molecule has 0 bridgehead atoms. The van der Waals surface area contributed by atoms with Gasteiger partial charge in [-0.3, -0.25) is 10.1 Å². The molecule has 6 nitrogen and oxygen atoms in total. The van der Waals surface area contributed by atoms with E-state index in [4.69, 9.17) is 0 Å². The van der Waals surface area contributed by atoms with Gasteiger partial charge in [0.15, 0.2) is 5.52 Å². The van der Waals surface area contributed by atoms with Crippen molar-refractivity contribution in [2.24, 2.45) is 0 Å². The first-order valence-corrected chi connectivity index (χ1v) is 7.54. The molecule has 1 saturated carbocycles. The third-order valence-electron chi connectivity index (χ3n) is 4.20. The molecule has 1 aliphatic rings. The average molecular weight is 301 g/mol. The Bertz CT molecular complexity index is 709. The lowest BCUT2D eigenvalue weighted by Crippen LogP contribution is -2.28. The third kappa shape index (κ3) is 2.87. The van der Waals surface area contributed by atoms with Gasteiger partial charge < -0.3 is 10.4 Å². The predicted molar refractivity (Wildman–Crippen MR) is 85.0 cm³/mol. The van der Waals surface area contributed by atoms with Crippen LogP contribution < -0.4 is 5.32 Å². The van der Waals surface area contributed by atoms with E-state index in [1.54, 1.807) is 6.07 Å². The summed E-state index contributed by atoms with van der Waals surface area (Å²) in [6.45, 7) is 1.84. The van der Waals surface area contributed by atoms with Gasteiger partial charge in [-0.05, 0) is 38.7 Å². The lowest BCUT2D eigenvalue weighted by Gasteiger charge is -2.27. The second-order valence-electron chi connectivity index (χ2n) is 5.89. The zero-order chi connectivity index (χ0) is 15.7. The highest BCUT2D eigenvalue weighted by atomic mass is 16.6. The number of nitro benzene ring substituents is 1. The van der Waals surface area contributed by atoms with Crippen LogP contribution >= 0.6 is 0 Å². The molecule has 0 saturated heterocycles. The van der Waals surface area contributed by atoms with Crippen molar-refractivity contribution in [3.05, 3.63) is 40.1 Å². The number of nitrogens with zero attached hydrogens (tertiary/aromatic N) is 2. The maximum Gasteiger partial charge on any atom is 0.295 e. The van der Waals surface area contributed by atoms with Crippen LogP contribution in [0.3, 0.4) is 0 Å². The number of nitro groups is 1. The molecule has 0 aliphatic heterocycles. The Morgan fingerprint density at radius 2 is 2.05 bits per heavy atom. The number of nitrogens with one attached hydrogen (secondary N) is 1. The van der Waals surface area contributed by atoms with Gasteiger partial charge in [-0.1, -0.05) is 12.1 Å². The zero-order valence-electron chi connectivity index (χ0n) is 12.5. The standard InChI is InChI=1S/C16H19N3O3/c1-10-9-14(18-11-5-7-12(20)8-6-11)13-3-2-4-15(19(21)22)16(13)17-10/h2-4,9,11-12,20H,5-8H2,1H3,(H,17,18). The van der Waals surface area contributed by atoms with E-state index in [9.17, 15) is 15.2 Å². The minimum atomic E-state index is -0.393. The number of anilines is 1. The van der Waals surface area contributed by atoms with E-state index in [2.05, 4.69) is 10.3 Å². The molecule has 1 fully saturated rings. The van der Waals surface area contributed by atoms with E-state index in [0.29, 0.717) is 5.52 Å². The summed E-state index contributed by atoms with van der Waals surface area (Å²) in [6, 6.07) is 7.24. The first kappa shape index (κ1) is 14.7. The second-order valence-corrected chi connectivity index (χ2v) is 5.89. The summed E-state index contributed by atoms with van der Waals surface area (Å²) < 4.78 is 0. The Balaban J connectivity index is 1.99. The van der Waals surface area contributed by atoms with Gasteiger partial charge >= 0.3 is 0 Å². The molecule has 0 spiro atoms. The molecule has 3 rings (SSSR count). The lowest BCUT2D eigenvalue weighted by atomic mass is 9.93. The molecule has 1 aromatic heterocycles. The van der Waals surface area contributed by atoms with E-state index >= 15 is 0 Å². The first-order chi connectivity index (χ1) is 10.5. The molecule has 0 unspecified atom stereocenters. The van der Waals surface area contributed by atoms with Gasteiger partial charge in [-0.15, -0.1) is 0 Å². The SMILES string of the molecule is Cc1cc(NC2CCC(O)CC2)c2cccc([N+](=O)[O-])c2n1. The van der Waals surface area contributed by atoms with Gasteiger partial charge in [0.1, 0.15) is 0 Å². The largest absolute Gasteiger partial charge is 0.393 e. The van der Waals surface area contributed by atoms with Crippen LogP contribution in [0.4, 0.5) is 11.4 Å². The van der Waals surface area contributed by atoms with Gasteiger partial charge in [0.2, 0.25) is 0 Å². The van der Waals surface area contributed by atoms with Gasteiger partial charge in [0, 0.05) is 28.9 Å². The lowest BCUT2D eigenvalue weighted by molar-refractivity contribution is -0.383. The Hall–Kier alpha value is -2.21. The number of hydrogen-bond donors (Lipinski definition) is 2. The van der Waals surface area contributed by atoms with E-state index in [-0.39, 0.29) is 17.8 Å². The molecule has 0 radical (unpaired) electrons. The highest BCUT2D eigenvalue weighted by molar-refractivity contribution is 5.96. The Labute approximate surface area is 128 Å². The Morgan fingerprint density at radius 1 is 1.32 bits per heavy atom. The van der Waals surface area contributed by atoms with E-state index in [1.807, 2.05) is 19.1 Å². The number of para-hydroxylation sites is 1. The number of aromatic nitrogens is 1. The number of pyridine rings is 1. The zero-order valence-corrected chi connectivity index (χ0v) is 12.5. The second kappa shape index (κ2) is 5.88. The molecule has 2 aromatic rings. The van der Waals surface area contributed by atoms with Crippen LogP contribution in [-0.4, -0.2) is 27.2 Å². The van der Waals surface area contributed by atoms with Crippen molar-refractivity contribution in [1.82, 2.24) is 4.98 Å². The summed E-state index contributed by atoms with van der Waals surface area (Å²) >= 11 is 0. The quantitative estimate of drug-likeness (QED) is 0.671. The van der Waals surface area contributed by atoms with Crippen molar-refractivity contribution in [3.63, 3.8) is 0 Å².